The third-order valence-electron chi connectivity index (χ3n) is 14.4. The van der Waals surface area contributed by atoms with Crippen molar-refractivity contribution in [1.29, 1.82) is 0 Å². The number of nitrogens with zero attached hydrogens (tertiary/aromatic N) is 5. The van der Waals surface area contributed by atoms with Crippen LogP contribution in [-0.4, -0.2) is 99.5 Å². The summed E-state index contributed by atoms with van der Waals surface area (Å²) in [7, 11) is 1.66. The number of hydrogen-bond acceptors (Lipinski definition) is 10. The second-order valence-corrected chi connectivity index (χ2v) is 19.4. The number of ether oxygens (including phenoxy) is 1. The number of hydrogen-bond donors (Lipinski definition) is 4. The lowest BCUT2D eigenvalue weighted by Crippen LogP contribution is -2.54. The molecule has 3 aromatic carbocycles. The van der Waals surface area contributed by atoms with E-state index >= 15 is 0 Å². The summed E-state index contributed by atoms with van der Waals surface area (Å²) in [6, 6.07) is 19.5. The maximum Gasteiger partial charge on any atom is 0.433 e. The van der Waals surface area contributed by atoms with Crippen molar-refractivity contribution in [3.05, 3.63) is 125 Å². The smallest absolute Gasteiger partial charge is 0.433 e. The molecule has 0 aliphatic carbocycles. The van der Waals surface area contributed by atoms with Gasteiger partial charge in [0.15, 0.2) is 0 Å². The van der Waals surface area contributed by atoms with Gasteiger partial charge in [0.1, 0.15) is 11.4 Å². The number of nitrogens with one attached hydrogen (secondary N) is 2. The Morgan fingerprint density at radius 3 is 2.32 bits per heavy atom. The number of aliphatic hydroxyl groups excluding tert-OH is 2. The molecule has 0 saturated carbocycles. The Hall–Kier alpha value is -5.10. The molecule has 2 bridgehead atoms. The molecule has 4 fully saturated rings. The number of halogens is 7. The molecule has 4 saturated heterocycles. The third kappa shape index (κ3) is 13.2. The topological polar surface area (TPSA) is 119 Å². The SMILES string of the molecule is C=C[C@H]1CN2CCC1CC2[C@H](O)c1ccnc2ccc(OC)cc12.CCN(CC)CCCC(C)Nc1ccnc2cc(Cl)ccc12.OC(c1cc(C(F)(F)F)nc2c(C(F)(F)F)cccc12)C1CCCCN1. The molecule has 8 atom stereocenters. The molecule has 0 radical (unpaired) electrons. The van der Waals surface area contributed by atoms with E-state index in [0.717, 1.165) is 102 Å². The molecule has 4 aliphatic rings. The quantitative estimate of drug-likeness (QED) is 0.0620. The number of rotatable bonds is 14. The van der Waals surface area contributed by atoms with Gasteiger partial charge in [-0.25, -0.2) is 4.98 Å². The number of para-hydroxylation sites is 1. The van der Waals surface area contributed by atoms with Crippen molar-refractivity contribution in [2.24, 2.45) is 11.8 Å². The van der Waals surface area contributed by atoms with E-state index in [1.807, 2.05) is 54.7 Å². The Balaban J connectivity index is 0.000000159. The fraction of sp³-hybridized carbons (Fsp3) is 0.473. The van der Waals surface area contributed by atoms with Crippen LogP contribution in [0.1, 0.15) is 100 Å². The molecule has 10 nitrogen and oxygen atoms in total. The van der Waals surface area contributed by atoms with Crippen LogP contribution in [0.5, 0.6) is 5.75 Å². The maximum absolute atomic E-state index is 13.2. The summed E-state index contributed by atoms with van der Waals surface area (Å²) in [5, 5.41) is 31.1. The van der Waals surface area contributed by atoms with Gasteiger partial charge in [0.25, 0.3) is 0 Å². The highest BCUT2D eigenvalue weighted by atomic mass is 35.5. The summed E-state index contributed by atoms with van der Waals surface area (Å²) < 4.78 is 84.6. The van der Waals surface area contributed by atoms with Crippen LogP contribution in [0.25, 0.3) is 32.7 Å². The first-order valence-corrected chi connectivity index (χ1v) is 25.3. The van der Waals surface area contributed by atoms with E-state index in [1.54, 1.807) is 13.3 Å². The third-order valence-corrected chi connectivity index (χ3v) is 14.7. The van der Waals surface area contributed by atoms with Gasteiger partial charge >= 0.3 is 12.4 Å². The van der Waals surface area contributed by atoms with Gasteiger partial charge in [-0.15, -0.1) is 6.58 Å². The van der Waals surface area contributed by atoms with Crippen LogP contribution in [0.3, 0.4) is 0 Å². The van der Waals surface area contributed by atoms with E-state index in [4.69, 9.17) is 16.3 Å². The van der Waals surface area contributed by atoms with Gasteiger partial charge in [0, 0.05) is 63.9 Å². The molecule has 0 amide bonds. The molecule has 17 heteroatoms. The van der Waals surface area contributed by atoms with Gasteiger partial charge in [-0.3, -0.25) is 14.9 Å². The fourth-order valence-electron chi connectivity index (χ4n) is 10.4. The van der Waals surface area contributed by atoms with Crippen LogP contribution in [0.15, 0.2) is 97.8 Å². The van der Waals surface area contributed by atoms with Crippen LogP contribution in [0, 0.1) is 11.8 Å². The number of aromatic nitrogens is 3. The molecule has 4 N–H and O–H groups in total. The van der Waals surface area contributed by atoms with E-state index < -0.39 is 47.4 Å². The van der Waals surface area contributed by atoms with E-state index in [-0.39, 0.29) is 17.0 Å². The summed E-state index contributed by atoms with van der Waals surface area (Å²) in [6.07, 6.45) is 0.835. The van der Waals surface area contributed by atoms with Crippen molar-refractivity contribution >= 4 is 50.0 Å². The zero-order valence-corrected chi connectivity index (χ0v) is 42.0. The van der Waals surface area contributed by atoms with Crippen molar-refractivity contribution in [3.8, 4) is 5.75 Å². The number of piperidine rings is 4. The summed E-state index contributed by atoms with van der Waals surface area (Å²) in [5.74, 6) is 2.01. The Kier molecular flexibility index (Phi) is 18.4. The number of aliphatic hydroxyl groups is 2. The summed E-state index contributed by atoms with van der Waals surface area (Å²) >= 11 is 6.04. The zero-order chi connectivity index (χ0) is 51.7. The van der Waals surface area contributed by atoms with E-state index in [0.29, 0.717) is 43.0 Å². The van der Waals surface area contributed by atoms with Gasteiger partial charge in [0.05, 0.1) is 41.4 Å². The normalized spacial score (nSPS) is 21.3. The first-order chi connectivity index (χ1) is 34.4. The number of alkyl halides is 6. The molecule has 7 heterocycles. The largest absolute Gasteiger partial charge is 0.497 e. The fourth-order valence-corrected chi connectivity index (χ4v) is 10.6. The minimum atomic E-state index is -4.93. The zero-order valence-electron chi connectivity index (χ0n) is 41.3. The Labute approximate surface area is 422 Å². The van der Waals surface area contributed by atoms with Crippen LogP contribution in [0.4, 0.5) is 32.0 Å². The lowest BCUT2D eigenvalue weighted by atomic mass is 9.73. The average molecular weight is 1020 g/mol. The Morgan fingerprint density at radius 2 is 1.65 bits per heavy atom. The molecular weight excluding hydrogens is 956 g/mol. The van der Waals surface area contributed by atoms with Crippen molar-refractivity contribution in [3.63, 3.8) is 0 Å². The molecule has 10 rings (SSSR count). The number of methoxy groups -OCH3 is 1. The van der Waals surface area contributed by atoms with E-state index in [9.17, 15) is 36.6 Å². The first-order valence-electron chi connectivity index (χ1n) is 24.9. The summed E-state index contributed by atoms with van der Waals surface area (Å²) in [6.45, 7) is 16.8. The predicted octanol–water partition coefficient (Wildman–Crippen LogP) is 12.4. The Bertz CT molecular complexity index is 2750. The minimum Gasteiger partial charge on any atom is -0.497 e. The molecule has 6 aromatic rings. The highest BCUT2D eigenvalue weighted by Crippen LogP contribution is 2.43. The van der Waals surface area contributed by atoms with Crippen LogP contribution in [0.2, 0.25) is 5.02 Å². The van der Waals surface area contributed by atoms with Crippen LogP contribution >= 0.6 is 11.6 Å². The number of pyridine rings is 3. The highest BCUT2D eigenvalue weighted by molar-refractivity contribution is 6.31. The molecular formula is C55H66ClF6N7O3. The maximum atomic E-state index is 13.2. The first kappa shape index (κ1) is 54.7. The molecule has 3 aromatic heterocycles. The average Bonchev–Trinajstić information content (AvgIpc) is 3.38. The minimum absolute atomic E-state index is 0.132. The van der Waals surface area contributed by atoms with Gasteiger partial charge in [-0.2, -0.15) is 26.3 Å². The number of fused-ring (bicyclic) bond motifs is 6. The van der Waals surface area contributed by atoms with E-state index in [1.165, 1.54) is 25.5 Å². The number of anilines is 1. The molecule has 6 unspecified atom stereocenters. The standard InChI is InChI=1S/C20H24N2O2.C18H26ClN3.C17H16F6N2O/c1-3-13-12-22-9-7-14(13)10-19(22)20(23)16-6-8-21-18-5-4-15(24-2)11-17(16)18;1-4-22(5-2)12-6-7-14(3)21-17-10-11-20-18-13-15(19)8-9-16(17)18;18-16(19,20)11-5-3-4-9-10(15(26)12-6-1-2-7-24-12)8-13(17(21,22)23)25-14(9)11/h3-6,8,11,13-14,19-20,23H,1,7,9-10,12H2,2H3;8-11,13-14H,4-7,12H2,1-3H3,(H,20,21);3-5,8,12,15,24,26H,1-2,6-7H2/t13-,14?,19?,20+;;/m0../s1. The predicted molar refractivity (Wildman–Crippen MR) is 274 cm³/mol. The monoisotopic (exact) mass is 1020 g/mol. The molecule has 388 valence electrons. The molecule has 4 aliphatic heterocycles. The van der Waals surface area contributed by atoms with Crippen LogP contribution in [-0.2, 0) is 12.4 Å². The second-order valence-electron chi connectivity index (χ2n) is 19.0. The molecule has 72 heavy (non-hydrogen) atoms. The van der Waals surface area contributed by atoms with E-state index in [2.05, 4.69) is 68.8 Å². The lowest BCUT2D eigenvalue weighted by Gasteiger charge is -2.50. The Morgan fingerprint density at radius 1 is 0.889 bits per heavy atom. The number of benzene rings is 3. The van der Waals surface area contributed by atoms with Crippen molar-refractivity contribution in [2.45, 2.75) is 108 Å². The van der Waals surface area contributed by atoms with Gasteiger partial charge in [-0.05, 0) is 162 Å². The van der Waals surface area contributed by atoms with Crippen LogP contribution < -0.4 is 15.4 Å². The highest BCUT2D eigenvalue weighted by Gasteiger charge is 2.43. The van der Waals surface area contributed by atoms with Crippen molar-refractivity contribution in [2.75, 3.05) is 51.7 Å². The van der Waals surface area contributed by atoms with Crippen molar-refractivity contribution in [1.82, 2.24) is 30.1 Å². The second kappa shape index (κ2) is 24.3. The lowest BCUT2D eigenvalue weighted by molar-refractivity contribution is -0.142. The molecule has 0 spiro atoms. The van der Waals surface area contributed by atoms with Gasteiger partial charge in [-0.1, -0.05) is 50.1 Å². The van der Waals surface area contributed by atoms with Gasteiger partial charge < -0.3 is 30.5 Å². The summed E-state index contributed by atoms with van der Waals surface area (Å²) in [5.41, 5.74) is 0.203. The van der Waals surface area contributed by atoms with Gasteiger partial charge in [0.2, 0.25) is 0 Å². The summed E-state index contributed by atoms with van der Waals surface area (Å²) in [4.78, 5) is 16.9. The van der Waals surface area contributed by atoms with Crippen molar-refractivity contribution < 1.29 is 41.3 Å².